The molecule has 5 nitrogen and oxygen atoms in total. The van der Waals surface area contributed by atoms with Crippen molar-refractivity contribution in [2.24, 2.45) is 0 Å². The van der Waals surface area contributed by atoms with Gasteiger partial charge in [0.1, 0.15) is 11.5 Å². The third-order valence-corrected chi connectivity index (χ3v) is 3.04. The quantitative estimate of drug-likeness (QED) is 0.735. The second-order valence-corrected chi connectivity index (χ2v) is 4.64. The number of H-pyrrole nitrogens is 1. The lowest BCUT2D eigenvalue weighted by Crippen LogP contribution is -2.28. The molecule has 0 saturated heterocycles. The van der Waals surface area contributed by atoms with Gasteiger partial charge in [-0.15, -0.1) is 0 Å². The number of amides is 1. The summed E-state index contributed by atoms with van der Waals surface area (Å²) in [6, 6.07) is 6.83. The summed E-state index contributed by atoms with van der Waals surface area (Å²) in [5, 5.41) is 12.4. The van der Waals surface area contributed by atoms with Gasteiger partial charge < -0.3 is 15.4 Å². The van der Waals surface area contributed by atoms with Crippen LogP contribution in [0.5, 0.6) is 0 Å². The highest BCUT2D eigenvalue weighted by atomic mass is 19.1. The SMILES string of the molecule is CC(=O)c1c[nH]c(C(=O)NCC(O)c2ccc(F)cc2)c1. The van der Waals surface area contributed by atoms with Crippen LogP contribution in [0.3, 0.4) is 0 Å². The third kappa shape index (κ3) is 3.76. The molecule has 0 aliphatic rings. The van der Waals surface area contributed by atoms with E-state index >= 15 is 0 Å². The number of Topliss-reactive ketones (excluding diaryl/α,β-unsaturated/α-hetero) is 1. The van der Waals surface area contributed by atoms with Gasteiger partial charge in [0, 0.05) is 18.3 Å². The minimum Gasteiger partial charge on any atom is -0.387 e. The van der Waals surface area contributed by atoms with Crippen LogP contribution in [-0.4, -0.2) is 28.3 Å². The van der Waals surface area contributed by atoms with Gasteiger partial charge in [0.05, 0.1) is 6.10 Å². The molecule has 1 unspecified atom stereocenters. The summed E-state index contributed by atoms with van der Waals surface area (Å²) >= 11 is 0. The van der Waals surface area contributed by atoms with Crippen LogP contribution >= 0.6 is 0 Å². The highest BCUT2D eigenvalue weighted by Crippen LogP contribution is 2.12. The molecule has 0 aliphatic heterocycles. The Morgan fingerprint density at radius 1 is 1.33 bits per heavy atom. The van der Waals surface area contributed by atoms with E-state index in [1.165, 1.54) is 43.5 Å². The maximum atomic E-state index is 12.8. The van der Waals surface area contributed by atoms with Crippen LogP contribution in [-0.2, 0) is 0 Å². The average Bonchev–Trinajstić information content (AvgIpc) is 2.95. The van der Waals surface area contributed by atoms with E-state index in [0.29, 0.717) is 11.1 Å². The number of nitrogens with one attached hydrogen (secondary N) is 2. The summed E-state index contributed by atoms with van der Waals surface area (Å²) in [7, 11) is 0. The van der Waals surface area contributed by atoms with Gasteiger partial charge in [-0.05, 0) is 30.7 Å². The smallest absolute Gasteiger partial charge is 0.267 e. The first kappa shape index (κ1) is 14.9. The molecule has 0 aliphatic carbocycles. The minimum absolute atomic E-state index is 0.0150. The first-order valence-electron chi connectivity index (χ1n) is 6.38. The molecule has 6 heteroatoms. The summed E-state index contributed by atoms with van der Waals surface area (Å²) < 4.78 is 12.8. The van der Waals surface area contributed by atoms with Crippen molar-refractivity contribution in [2.45, 2.75) is 13.0 Å². The number of benzene rings is 1. The lowest BCUT2D eigenvalue weighted by molar-refractivity contribution is 0.0912. The Hall–Kier alpha value is -2.47. The molecular formula is C15H15FN2O3. The molecule has 21 heavy (non-hydrogen) atoms. The number of hydrogen-bond donors (Lipinski definition) is 3. The van der Waals surface area contributed by atoms with Gasteiger partial charge in [0.15, 0.2) is 5.78 Å². The van der Waals surface area contributed by atoms with Crippen LogP contribution in [0.15, 0.2) is 36.5 Å². The van der Waals surface area contributed by atoms with E-state index in [9.17, 15) is 19.1 Å². The van der Waals surface area contributed by atoms with E-state index in [1.54, 1.807) is 0 Å². The summed E-state index contributed by atoms with van der Waals surface area (Å²) in [4.78, 5) is 25.7. The fraction of sp³-hybridized carbons (Fsp3) is 0.200. The molecular weight excluding hydrogens is 275 g/mol. The van der Waals surface area contributed by atoms with Crippen molar-refractivity contribution >= 4 is 11.7 Å². The van der Waals surface area contributed by atoms with Crippen molar-refractivity contribution in [3.63, 3.8) is 0 Å². The van der Waals surface area contributed by atoms with Gasteiger partial charge in [-0.2, -0.15) is 0 Å². The van der Waals surface area contributed by atoms with Crippen molar-refractivity contribution in [1.82, 2.24) is 10.3 Å². The standard InChI is InChI=1S/C15H15FN2O3/c1-9(19)11-6-13(17-7-11)15(21)18-8-14(20)10-2-4-12(16)5-3-10/h2-7,14,17,20H,8H2,1H3,(H,18,21). The minimum atomic E-state index is -0.934. The van der Waals surface area contributed by atoms with E-state index in [0.717, 1.165) is 0 Å². The Labute approximate surface area is 120 Å². The topological polar surface area (TPSA) is 82.2 Å². The van der Waals surface area contributed by atoms with Crippen molar-refractivity contribution in [3.8, 4) is 0 Å². The summed E-state index contributed by atoms with van der Waals surface area (Å²) in [5.74, 6) is -0.960. The first-order valence-corrected chi connectivity index (χ1v) is 6.38. The van der Waals surface area contributed by atoms with E-state index in [2.05, 4.69) is 10.3 Å². The van der Waals surface area contributed by atoms with Gasteiger partial charge in [0.2, 0.25) is 0 Å². The molecule has 1 amide bonds. The first-order chi connectivity index (χ1) is 9.97. The molecule has 1 atom stereocenters. The number of carbonyl (C=O) groups excluding carboxylic acids is 2. The number of aliphatic hydroxyl groups is 1. The number of hydrogen-bond acceptors (Lipinski definition) is 3. The fourth-order valence-electron chi connectivity index (χ4n) is 1.82. The maximum absolute atomic E-state index is 12.8. The van der Waals surface area contributed by atoms with Gasteiger partial charge in [0.25, 0.3) is 5.91 Å². The zero-order chi connectivity index (χ0) is 15.4. The molecule has 2 aromatic rings. The van der Waals surface area contributed by atoms with Crippen LogP contribution in [0, 0.1) is 5.82 Å². The molecule has 1 aromatic heterocycles. The molecule has 1 aromatic carbocycles. The van der Waals surface area contributed by atoms with Crippen molar-refractivity contribution in [1.29, 1.82) is 0 Å². The number of rotatable bonds is 5. The fourth-order valence-corrected chi connectivity index (χ4v) is 1.82. The molecule has 0 spiro atoms. The van der Waals surface area contributed by atoms with Crippen LogP contribution in [0.2, 0.25) is 0 Å². The Balaban J connectivity index is 1.93. The van der Waals surface area contributed by atoms with Crippen LogP contribution in [0.4, 0.5) is 4.39 Å². The molecule has 1 heterocycles. The number of aromatic amines is 1. The molecule has 0 fully saturated rings. The molecule has 110 valence electrons. The number of carbonyl (C=O) groups is 2. The van der Waals surface area contributed by atoms with Crippen molar-refractivity contribution < 1.29 is 19.1 Å². The highest BCUT2D eigenvalue weighted by Gasteiger charge is 2.13. The Morgan fingerprint density at radius 2 is 2.00 bits per heavy atom. The second kappa shape index (κ2) is 6.32. The van der Waals surface area contributed by atoms with Gasteiger partial charge >= 0.3 is 0 Å². The van der Waals surface area contributed by atoms with E-state index in [1.807, 2.05) is 0 Å². The Morgan fingerprint density at radius 3 is 2.57 bits per heavy atom. The van der Waals surface area contributed by atoms with E-state index in [4.69, 9.17) is 0 Å². The predicted molar refractivity (Wildman–Crippen MR) is 74.5 cm³/mol. The molecule has 3 N–H and O–H groups in total. The lowest BCUT2D eigenvalue weighted by Gasteiger charge is -2.11. The normalized spacial score (nSPS) is 12.0. The monoisotopic (exact) mass is 290 g/mol. The second-order valence-electron chi connectivity index (χ2n) is 4.64. The van der Waals surface area contributed by atoms with Crippen molar-refractivity contribution in [3.05, 3.63) is 59.2 Å². The summed E-state index contributed by atoms with van der Waals surface area (Å²) in [6.07, 6.45) is 0.519. The molecule has 0 bridgehead atoms. The molecule has 0 radical (unpaired) electrons. The number of halogens is 1. The third-order valence-electron chi connectivity index (χ3n) is 3.04. The predicted octanol–water partition coefficient (Wildman–Crippen LogP) is 1.82. The lowest BCUT2D eigenvalue weighted by atomic mass is 10.1. The van der Waals surface area contributed by atoms with E-state index < -0.39 is 17.8 Å². The Bertz CT molecular complexity index is 649. The highest BCUT2D eigenvalue weighted by molar-refractivity contribution is 5.99. The van der Waals surface area contributed by atoms with Crippen molar-refractivity contribution in [2.75, 3.05) is 6.54 Å². The molecule has 2 rings (SSSR count). The van der Waals surface area contributed by atoms with Gasteiger partial charge in [-0.1, -0.05) is 12.1 Å². The van der Waals surface area contributed by atoms with Crippen LogP contribution in [0.1, 0.15) is 39.4 Å². The van der Waals surface area contributed by atoms with Crippen LogP contribution in [0.25, 0.3) is 0 Å². The number of ketones is 1. The summed E-state index contributed by atoms with van der Waals surface area (Å²) in [5.41, 5.74) is 1.17. The van der Waals surface area contributed by atoms with E-state index in [-0.39, 0.29) is 18.0 Å². The molecule has 0 saturated carbocycles. The van der Waals surface area contributed by atoms with Gasteiger partial charge in [-0.25, -0.2) is 4.39 Å². The van der Waals surface area contributed by atoms with Crippen LogP contribution < -0.4 is 5.32 Å². The number of aromatic nitrogens is 1. The zero-order valence-electron chi connectivity index (χ0n) is 11.4. The Kier molecular flexibility index (Phi) is 4.49. The number of aliphatic hydroxyl groups excluding tert-OH is 1. The summed E-state index contributed by atoms with van der Waals surface area (Å²) in [6.45, 7) is 1.39. The zero-order valence-corrected chi connectivity index (χ0v) is 11.4. The largest absolute Gasteiger partial charge is 0.387 e. The van der Waals surface area contributed by atoms with Gasteiger partial charge in [-0.3, -0.25) is 9.59 Å². The maximum Gasteiger partial charge on any atom is 0.267 e. The average molecular weight is 290 g/mol.